The normalized spacial score (nSPS) is 31.6. The highest BCUT2D eigenvalue weighted by Crippen LogP contribution is 2.36. The second kappa shape index (κ2) is 8.53. The van der Waals surface area contributed by atoms with Crippen LogP contribution in [0.2, 0.25) is 0 Å². The molecule has 0 radical (unpaired) electrons. The van der Waals surface area contributed by atoms with Crippen LogP contribution < -0.4 is 5.32 Å². The number of rotatable bonds is 5. The first-order chi connectivity index (χ1) is 10.2. The van der Waals surface area contributed by atoms with Gasteiger partial charge in [-0.2, -0.15) is 0 Å². The molecule has 0 spiro atoms. The van der Waals surface area contributed by atoms with Crippen molar-refractivity contribution in [1.29, 1.82) is 0 Å². The molecule has 124 valence electrons. The van der Waals surface area contributed by atoms with Crippen LogP contribution in [0.4, 0.5) is 0 Å². The Labute approximate surface area is 133 Å². The largest absolute Gasteiger partial charge is 0.312 e. The number of hydrogen-bond acceptors (Lipinski definition) is 2. The van der Waals surface area contributed by atoms with Crippen LogP contribution in [0.25, 0.3) is 0 Å². The van der Waals surface area contributed by atoms with E-state index in [1.165, 1.54) is 83.8 Å². The number of nitrogens with zero attached hydrogens (tertiary/aromatic N) is 1. The van der Waals surface area contributed by atoms with Crippen molar-refractivity contribution in [3.8, 4) is 0 Å². The Morgan fingerprint density at radius 3 is 2.29 bits per heavy atom. The summed E-state index contributed by atoms with van der Waals surface area (Å²) in [6, 6.07) is 1.55. The molecule has 1 saturated carbocycles. The second-order valence-electron chi connectivity index (χ2n) is 7.82. The summed E-state index contributed by atoms with van der Waals surface area (Å²) in [6.45, 7) is 11.0. The Morgan fingerprint density at radius 2 is 1.67 bits per heavy atom. The van der Waals surface area contributed by atoms with Crippen molar-refractivity contribution in [2.75, 3.05) is 19.6 Å². The van der Waals surface area contributed by atoms with Gasteiger partial charge in [0.2, 0.25) is 0 Å². The maximum Gasteiger partial charge on any atom is 0.0249 e. The van der Waals surface area contributed by atoms with E-state index in [0.29, 0.717) is 5.41 Å². The third kappa shape index (κ3) is 4.96. The van der Waals surface area contributed by atoms with Crippen molar-refractivity contribution in [2.24, 2.45) is 5.41 Å². The van der Waals surface area contributed by atoms with Crippen LogP contribution in [-0.4, -0.2) is 36.6 Å². The number of likely N-dealkylation sites (tertiary alicyclic amines) is 1. The predicted molar refractivity (Wildman–Crippen MR) is 92.8 cm³/mol. The highest BCUT2D eigenvalue weighted by atomic mass is 15.2. The molecule has 2 heteroatoms. The molecule has 1 saturated heterocycles. The third-order valence-electron chi connectivity index (χ3n) is 6.21. The van der Waals surface area contributed by atoms with Gasteiger partial charge in [0.05, 0.1) is 0 Å². The molecule has 0 aromatic heterocycles. The molecule has 0 amide bonds. The molecule has 0 aromatic carbocycles. The molecule has 2 aliphatic rings. The Bertz CT molecular complexity index is 279. The van der Waals surface area contributed by atoms with E-state index in [1.807, 2.05) is 0 Å². The monoisotopic (exact) mass is 294 g/mol. The minimum atomic E-state index is 0.616. The van der Waals surface area contributed by atoms with Crippen LogP contribution in [0.1, 0.15) is 85.0 Å². The van der Waals surface area contributed by atoms with Gasteiger partial charge in [0.25, 0.3) is 0 Å². The van der Waals surface area contributed by atoms with Gasteiger partial charge in [0.15, 0.2) is 0 Å². The minimum Gasteiger partial charge on any atom is -0.312 e. The molecule has 1 N–H and O–H groups in total. The van der Waals surface area contributed by atoms with Crippen LogP contribution in [0.15, 0.2) is 0 Å². The molecule has 2 fully saturated rings. The summed E-state index contributed by atoms with van der Waals surface area (Å²) in [5.74, 6) is 0. The van der Waals surface area contributed by atoms with Crippen LogP contribution in [0, 0.1) is 5.41 Å². The van der Waals surface area contributed by atoms with Gasteiger partial charge >= 0.3 is 0 Å². The van der Waals surface area contributed by atoms with E-state index in [2.05, 4.69) is 31.0 Å². The fraction of sp³-hybridized carbons (Fsp3) is 1.00. The summed E-state index contributed by atoms with van der Waals surface area (Å²) < 4.78 is 0. The number of nitrogens with one attached hydrogen (secondary N) is 1. The minimum absolute atomic E-state index is 0.616. The Hall–Kier alpha value is -0.0800. The average molecular weight is 295 g/mol. The summed E-state index contributed by atoms with van der Waals surface area (Å²) in [7, 11) is 0. The lowest BCUT2D eigenvalue weighted by molar-refractivity contribution is 0.0554. The smallest absolute Gasteiger partial charge is 0.0249 e. The molecule has 2 atom stereocenters. The SMILES string of the molecule is CCCNC1CCCCCCC1N1CCC(C)(CC)CC1. The zero-order valence-corrected chi connectivity index (χ0v) is 14.8. The van der Waals surface area contributed by atoms with E-state index < -0.39 is 0 Å². The topological polar surface area (TPSA) is 15.3 Å². The summed E-state index contributed by atoms with van der Waals surface area (Å²) in [5, 5.41) is 3.88. The lowest BCUT2D eigenvalue weighted by Gasteiger charge is -2.45. The molecule has 21 heavy (non-hydrogen) atoms. The summed E-state index contributed by atoms with van der Waals surface area (Å²) in [5.41, 5.74) is 0.616. The lowest BCUT2D eigenvalue weighted by Crippen LogP contribution is -2.54. The van der Waals surface area contributed by atoms with E-state index in [0.717, 1.165) is 12.1 Å². The summed E-state index contributed by atoms with van der Waals surface area (Å²) >= 11 is 0. The maximum atomic E-state index is 3.88. The van der Waals surface area contributed by atoms with Crippen molar-refractivity contribution in [2.45, 2.75) is 97.1 Å². The fourth-order valence-electron chi connectivity index (χ4n) is 4.22. The molecule has 0 aromatic rings. The van der Waals surface area contributed by atoms with Gasteiger partial charge in [-0.15, -0.1) is 0 Å². The quantitative estimate of drug-likeness (QED) is 0.798. The number of hydrogen-bond donors (Lipinski definition) is 1. The first-order valence-corrected chi connectivity index (χ1v) is 9.66. The Balaban J connectivity index is 1.95. The summed E-state index contributed by atoms with van der Waals surface area (Å²) in [4.78, 5) is 2.84. The molecular weight excluding hydrogens is 256 g/mol. The first kappa shape index (κ1) is 17.3. The van der Waals surface area contributed by atoms with Gasteiger partial charge in [-0.25, -0.2) is 0 Å². The van der Waals surface area contributed by atoms with Gasteiger partial charge < -0.3 is 5.32 Å². The molecule has 1 heterocycles. The third-order valence-corrected chi connectivity index (χ3v) is 6.21. The van der Waals surface area contributed by atoms with Crippen LogP contribution in [0.3, 0.4) is 0 Å². The molecule has 2 nitrogen and oxygen atoms in total. The van der Waals surface area contributed by atoms with E-state index in [4.69, 9.17) is 0 Å². The zero-order chi connectivity index (χ0) is 15.1. The molecule has 2 unspecified atom stereocenters. The highest BCUT2D eigenvalue weighted by molar-refractivity contribution is 4.90. The summed E-state index contributed by atoms with van der Waals surface area (Å²) in [6.07, 6.45) is 14.0. The highest BCUT2D eigenvalue weighted by Gasteiger charge is 2.34. The van der Waals surface area contributed by atoms with Crippen LogP contribution in [-0.2, 0) is 0 Å². The van der Waals surface area contributed by atoms with Crippen LogP contribution >= 0.6 is 0 Å². The molecule has 1 aliphatic heterocycles. The molecule has 0 bridgehead atoms. The van der Waals surface area contributed by atoms with Gasteiger partial charge in [-0.3, -0.25) is 4.90 Å². The molecule has 1 aliphatic carbocycles. The van der Waals surface area contributed by atoms with Crippen molar-refractivity contribution in [1.82, 2.24) is 10.2 Å². The van der Waals surface area contributed by atoms with Crippen molar-refractivity contribution < 1.29 is 0 Å². The molecule has 2 rings (SSSR count). The Kier molecular flexibility index (Phi) is 7.01. The van der Waals surface area contributed by atoms with Crippen molar-refractivity contribution in [3.05, 3.63) is 0 Å². The van der Waals surface area contributed by atoms with E-state index in [1.54, 1.807) is 0 Å². The van der Waals surface area contributed by atoms with E-state index >= 15 is 0 Å². The average Bonchev–Trinajstić information content (AvgIpc) is 2.48. The van der Waals surface area contributed by atoms with Gasteiger partial charge in [-0.1, -0.05) is 52.9 Å². The van der Waals surface area contributed by atoms with Crippen LogP contribution in [0.5, 0.6) is 0 Å². The zero-order valence-electron chi connectivity index (χ0n) is 14.8. The second-order valence-corrected chi connectivity index (χ2v) is 7.82. The number of piperidine rings is 1. The Morgan fingerprint density at radius 1 is 1.00 bits per heavy atom. The molecular formula is C19H38N2. The fourth-order valence-corrected chi connectivity index (χ4v) is 4.22. The van der Waals surface area contributed by atoms with Gasteiger partial charge in [-0.05, 0) is 57.2 Å². The first-order valence-electron chi connectivity index (χ1n) is 9.66. The lowest BCUT2D eigenvalue weighted by atomic mass is 9.77. The van der Waals surface area contributed by atoms with Gasteiger partial charge in [0.1, 0.15) is 0 Å². The maximum absolute atomic E-state index is 3.88. The van der Waals surface area contributed by atoms with Crippen molar-refractivity contribution >= 4 is 0 Å². The predicted octanol–water partition coefficient (Wildman–Crippen LogP) is 4.59. The standard InChI is InChI=1S/C19H38N2/c1-4-14-20-17-10-8-6-7-9-11-18(17)21-15-12-19(3,5-2)13-16-21/h17-18,20H,4-16H2,1-3H3. The van der Waals surface area contributed by atoms with Crippen molar-refractivity contribution in [3.63, 3.8) is 0 Å². The van der Waals surface area contributed by atoms with E-state index in [-0.39, 0.29) is 0 Å². The van der Waals surface area contributed by atoms with E-state index in [9.17, 15) is 0 Å². The van der Waals surface area contributed by atoms with Gasteiger partial charge in [0, 0.05) is 12.1 Å².